The lowest BCUT2D eigenvalue weighted by atomic mass is 10.2. The van der Waals surface area contributed by atoms with Crippen molar-refractivity contribution in [3.63, 3.8) is 0 Å². The van der Waals surface area contributed by atoms with Gasteiger partial charge >= 0.3 is 0 Å². The monoisotopic (exact) mass is 410 g/mol. The van der Waals surface area contributed by atoms with Crippen LogP contribution in [0.5, 0.6) is 0 Å². The van der Waals surface area contributed by atoms with Crippen LogP contribution in [0, 0.1) is 0 Å². The van der Waals surface area contributed by atoms with E-state index in [-0.39, 0.29) is 5.91 Å². The number of amides is 1. The molecule has 1 fully saturated rings. The van der Waals surface area contributed by atoms with Gasteiger partial charge in [0.2, 0.25) is 11.1 Å². The van der Waals surface area contributed by atoms with Crippen LogP contribution < -0.4 is 4.90 Å². The minimum Gasteiger partial charge on any atom is -0.353 e. The highest BCUT2D eigenvalue weighted by atomic mass is 32.2. The summed E-state index contributed by atoms with van der Waals surface area (Å²) >= 11 is 1.49. The van der Waals surface area contributed by atoms with Crippen molar-refractivity contribution >= 4 is 23.5 Å². The van der Waals surface area contributed by atoms with Crippen LogP contribution >= 0.6 is 11.8 Å². The summed E-state index contributed by atoms with van der Waals surface area (Å²) in [5.74, 6) is 2.45. The Balaban J connectivity index is 1.29. The van der Waals surface area contributed by atoms with Crippen molar-refractivity contribution in [3.05, 3.63) is 42.6 Å². The Morgan fingerprint density at radius 1 is 1.10 bits per heavy atom. The SMILES string of the molecule is Cn1nnnc1SCCC(=O)N1CCN(c2ccnc(-c3ccccc3)n2)CC1. The molecule has 0 saturated carbocycles. The lowest BCUT2D eigenvalue weighted by Gasteiger charge is -2.35. The quantitative estimate of drug-likeness (QED) is 0.565. The number of hydrogen-bond donors (Lipinski definition) is 0. The maximum Gasteiger partial charge on any atom is 0.223 e. The molecule has 3 heterocycles. The van der Waals surface area contributed by atoms with Crippen molar-refractivity contribution in [2.75, 3.05) is 36.8 Å². The zero-order chi connectivity index (χ0) is 20.1. The number of carbonyl (C=O) groups excluding carboxylic acids is 1. The first-order valence-corrected chi connectivity index (χ1v) is 10.5. The van der Waals surface area contributed by atoms with Gasteiger partial charge in [0, 0.05) is 57.2 Å². The second-order valence-electron chi connectivity index (χ2n) is 6.66. The maximum absolute atomic E-state index is 12.5. The van der Waals surface area contributed by atoms with Crippen molar-refractivity contribution in [2.24, 2.45) is 7.05 Å². The van der Waals surface area contributed by atoms with Crippen LogP contribution in [-0.4, -0.2) is 72.9 Å². The number of nitrogens with zero attached hydrogens (tertiary/aromatic N) is 8. The van der Waals surface area contributed by atoms with Crippen molar-refractivity contribution in [1.29, 1.82) is 0 Å². The van der Waals surface area contributed by atoms with E-state index in [1.54, 1.807) is 17.9 Å². The molecule has 0 N–H and O–H groups in total. The molecule has 1 amide bonds. The fourth-order valence-electron chi connectivity index (χ4n) is 3.17. The number of carbonyl (C=O) groups is 1. The second-order valence-corrected chi connectivity index (χ2v) is 7.72. The topological polar surface area (TPSA) is 92.9 Å². The number of tetrazole rings is 1. The highest BCUT2D eigenvalue weighted by molar-refractivity contribution is 7.99. The zero-order valence-corrected chi connectivity index (χ0v) is 17.0. The third-order valence-corrected chi connectivity index (χ3v) is 5.77. The Morgan fingerprint density at radius 3 is 2.62 bits per heavy atom. The number of aryl methyl sites for hydroxylation is 1. The Labute approximate surface area is 173 Å². The summed E-state index contributed by atoms with van der Waals surface area (Å²) in [5.41, 5.74) is 0.999. The van der Waals surface area contributed by atoms with Gasteiger partial charge < -0.3 is 9.80 Å². The average molecular weight is 411 g/mol. The molecule has 0 bridgehead atoms. The van der Waals surface area contributed by atoms with E-state index in [0.717, 1.165) is 35.5 Å². The summed E-state index contributed by atoms with van der Waals surface area (Å²) in [5, 5.41) is 12.0. The Hall–Kier alpha value is -3.01. The van der Waals surface area contributed by atoms with E-state index in [9.17, 15) is 4.79 Å². The highest BCUT2D eigenvalue weighted by Crippen LogP contribution is 2.20. The molecule has 0 unspecified atom stereocenters. The highest BCUT2D eigenvalue weighted by Gasteiger charge is 2.22. The molecule has 0 radical (unpaired) electrons. The van der Waals surface area contributed by atoms with E-state index >= 15 is 0 Å². The first kappa shape index (κ1) is 19.3. The third-order valence-electron chi connectivity index (χ3n) is 4.76. The van der Waals surface area contributed by atoms with Gasteiger partial charge in [-0.15, -0.1) is 5.10 Å². The van der Waals surface area contributed by atoms with Gasteiger partial charge in [0.15, 0.2) is 5.82 Å². The molecule has 9 nitrogen and oxygen atoms in total. The van der Waals surface area contributed by atoms with Crippen LogP contribution in [0.3, 0.4) is 0 Å². The Bertz CT molecular complexity index is 956. The molecule has 150 valence electrons. The van der Waals surface area contributed by atoms with Gasteiger partial charge in [-0.3, -0.25) is 4.79 Å². The lowest BCUT2D eigenvalue weighted by Crippen LogP contribution is -2.49. The first-order valence-electron chi connectivity index (χ1n) is 9.47. The lowest BCUT2D eigenvalue weighted by molar-refractivity contribution is -0.131. The number of rotatable bonds is 6. The van der Waals surface area contributed by atoms with E-state index < -0.39 is 0 Å². The summed E-state index contributed by atoms with van der Waals surface area (Å²) in [6.45, 7) is 2.91. The van der Waals surface area contributed by atoms with Crippen LogP contribution in [0.1, 0.15) is 6.42 Å². The van der Waals surface area contributed by atoms with Crippen LogP contribution in [-0.2, 0) is 11.8 Å². The van der Waals surface area contributed by atoms with Gasteiger partial charge in [0.05, 0.1) is 0 Å². The fraction of sp³-hybridized carbons (Fsp3) is 0.368. The van der Waals surface area contributed by atoms with E-state index in [2.05, 4.69) is 25.4 Å². The molecule has 1 aliphatic rings. The van der Waals surface area contributed by atoms with Gasteiger partial charge in [-0.2, -0.15) is 0 Å². The second kappa shape index (κ2) is 8.99. The van der Waals surface area contributed by atoms with Gasteiger partial charge in [0.1, 0.15) is 5.82 Å². The summed E-state index contributed by atoms with van der Waals surface area (Å²) in [7, 11) is 1.79. The fourth-order valence-corrected chi connectivity index (χ4v) is 3.94. The molecule has 2 aromatic heterocycles. The van der Waals surface area contributed by atoms with Gasteiger partial charge in [-0.05, 0) is 16.5 Å². The molecule has 10 heteroatoms. The summed E-state index contributed by atoms with van der Waals surface area (Å²) in [6.07, 6.45) is 2.27. The summed E-state index contributed by atoms with van der Waals surface area (Å²) in [4.78, 5) is 25.7. The molecule has 29 heavy (non-hydrogen) atoms. The Kier molecular flexibility index (Phi) is 5.99. The molecular weight excluding hydrogens is 388 g/mol. The molecule has 1 saturated heterocycles. The summed E-state index contributed by atoms with van der Waals surface area (Å²) < 4.78 is 1.61. The summed E-state index contributed by atoms with van der Waals surface area (Å²) in [6, 6.07) is 11.9. The van der Waals surface area contributed by atoms with Crippen LogP contribution in [0.2, 0.25) is 0 Å². The molecule has 0 atom stereocenters. The molecular formula is C19H22N8OS. The van der Waals surface area contributed by atoms with Crippen molar-refractivity contribution in [1.82, 2.24) is 35.1 Å². The largest absolute Gasteiger partial charge is 0.353 e. The number of thioether (sulfide) groups is 1. The minimum absolute atomic E-state index is 0.167. The van der Waals surface area contributed by atoms with E-state index in [4.69, 9.17) is 4.98 Å². The normalized spacial score (nSPS) is 14.2. The van der Waals surface area contributed by atoms with E-state index in [1.165, 1.54) is 11.8 Å². The smallest absolute Gasteiger partial charge is 0.223 e. The Morgan fingerprint density at radius 2 is 1.90 bits per heavy atom. The van der Waals surface area contributed by atoms with Crippen LogP contribution in [0.25, 0.3) is 11.4 Å². The average Bonchev–Trinajstić information content (AvgIpc) is 3.19. The van der Waals surface area contributed by atoms with Gasteiger partial charge in [0.25, 0.3) is 0 Å². The molecule has 0 spiro atoms. The molecule has 1 aromatic carbocycles. The predicted octanol–water partition coefficient (Wildman–Crippen LogP) is 1.50. The number of piperazine rings is 1. The number of aromatic nitrogens is 6. The number of anilines is 1. The minimum atomic E-state index is 0.167. The van der Waals surface area contributed by atoms with Crippen LogP contribution in [0.4, 0.5) is 5.82 Å². The van der Waals surface area contributed by atoms with E-state index in [1.807, 2.05) is 41.3 Å². The predicted molar refractivity (Wildman–Crippen MR) is 110 cm³/mol. The third kappa shape index (κ3) is 4.70. The van der Waals surface area contributed by atoms with Crippen LogP contribution in [0.15, 0.2) is 47.8 Å². The first-order chi connectivity index (χ1) is 14.2. The standard InChI is InChI=1S/C19H22N8OS/c1-25-19(22-23-24-25)29-14-8-17(28)27-12-10-26(11-13-27)16-7-9-20-18(21-16)15-5-3-2-4-6-15/h2-7,9H,8,10-14H2,1H3. The molecule has 4 rings (SSSR count). The van der Waals surface area contributed by atoms with Crippen molar-refractivity contribution in [2.45, 2.75) is 11.6 Å². The molecule has 0 aliphatic carbocycles. The number of benzene rings is 1. The van der Waals surface area contributed by atoms with E-state index in [0.29, 0.717) is 25.3 Å². The van der Waals surface area contributed by atoms with Gasteiger partial charge in [-0.25, -0.2) is 14.6 Å². The molecule has 1 aliphatic heterocycles. The number of hydrogen-bond acceptors (Lipinski definition) is 8. The van der Waals surface area contributed by atoms with Crippen molar-refractivity contribution in [3.8, 4) is 11.4 Å². The molecule has 3 aromatic rings. The maximum atomic E-state index is 12.5. The van der Waals surface area contributed by atoms with Gasteiger partial charge in [-0.1, -0.05) is 42.1 Å². The van der Waals surface area contributed by atoms with Crippen molar-refractivity contribution < 1.29 is 4.79 Å². The zero-order valence-electron chi connectivity index (χ0n) is 16.2.